The minimum atomic E-state index is 0. The maximum atomic E-state index is 3.84. The summed E-state index contributed by atoms with van der Waals surface area (Å²) in [5.74, 6) is 0. The zero-order chi connectivity index (χ0) is 8.81. The predicted octanol–water partition coefficient (Wildman–Crippen LogP) is 1.58. The Morgan fingerprint density at radius 3 is 2.38 bits per heavy atom. The van der Waals surface area contributed by atoms with Crippen LogP contribution in [-0.4, -0.2) is 43.0 Å². The summed E-state index contributed by atoms with van der Waals surface area (Å²) in [7, 11) is 5.87. The van der Waals surface area contributed by atoms with Gasteiger partial charge in [0.05, 0.1) is 0 Å². The van der Waals surface area contributed by atoms with Crippen LogP contribution in [0.3, 0.4) is 0 Å². The van der Waals surface area contributed by atoms with Crippen molar-refractivity contribution < 1.29 is 21.1 Å². The molecule has 3 heteroatoms. The topological polar surface area (TPSA) is 6.48 Å². The normalized spacial score (nSPS) is 18.7. The average Bonchev–Trinajstić information content (AvgIpc) is 2.05. The van der Waals surface area contributed by atoms with Gasteiger partial charge in [-0.1, -0.05) is 6.42 Å². The van der Waals surface area contributed by atoms with Crippen molar-refractivity contribution in [1.29, 1.82) is 0 Å². The van der Waals surface area contributed by atoms with Crippen LogP contribution < -0.4 is 0 Å². The van der Waals surface area contributed by atoms with Crippen molar-refractivity contribution in [3.05, 3.63) is 7.05 Å². The van der Waals surface area contributed by atoms with Crippen LogP contribution in [0.2, 0.25) is 0 Å². The van der Waals surface area contributed by atoms with Gasteiger partial charge >= 0.3 is 0 Å². The predicted molar refractivity (Wildman–Crippen MR) is 52.9 cm³/mol. The van der Waals surface area contributed by atoms with Crippen molar-refractivity contribution in [3.8, 4) is 0 Å². The van der Waals surface area contributed by atoms with Crippen LogP contribution in [0.1, 0.15) is 25.7 Å². The van der Waals surface area contributed by atoms with Crippen LogP contribution in [0.4, 0.5) is 0 Å². The Morgan fingerprint density at radius 1 is 1.23 bits per heavy atom. The first-order chi connectivity index (χ1) is 5.79. The fourth-order valence-corrected chi connectivity index (χ4v) is 1.75. The first-order valence-electron chi connectivity index (χ1n) is 5.03. The van der Waals surface area contributed by atoms with Gasteiger partial charge in [0.25, 0.3) is 0 Å². The van der Waals surface area contributed by atoms with E-state index in [0.717, 1.165) is 6.54 Å². The van der Waals surface area contributed by atoms with Crippen molar-refractivity contribution in [2.75, 3.05) is 33.2 Å². The molecular formula is C10H21N2W-. The molecule has 1 heterocycles. The minimum Gasteiger partial charge on any atom is -0.462 e. The number of hydrogen-bond acceptors (Lipinski definition) is 2. The molecule has 1 fully saturated rings. The van der Waals surface area contributed by atoms with E-state index in [-0.39, 0.29) is 21.1 Å². The molecule has 0 unspecified atom stereocenters. The summed E-state index contributed by atoms with van der Waals surface area (Å²) in [5, 5.41) is 0. The summed E-state index contributed by atoms with van der Waals surface area (Å²) < 4.78 is 0. The Hall–Kier alpha value is 0.608. The molecule has 0 bridgehead atoms. The molecule has 0 aromatic rings. The summed E-state index contributed by atoms with van der Waals surface area (Å²) in [6, 6.07) is 0. The van der Waals surface area contributed by atoms with Gasteiger partial charge in [-0.15, -0.1) is 0 Å². The van der Waals surface area contributed by atoms with Crippen LogP contribution in [-0.2, 0) is 21.1 Å². The maximum Gasteiger partial charge on any atom is 0 e. The molecule has 0 N–H and O–H groups in total. The van der Waals surface area contributed by atoms with Gasteiger partial charge in [0.2, 0.25) is 0 Å². The van der Waals surface area contributed by atoms with Gasteiger partial charge < -0.3 is 9.80 Å². The molecule has 0 aromatic heterocycles. The van der Waals surface area contributed by atoms with E-state index in [2.05, 4.69) is 11.9 Å². The molecule has 1 aliphatic heterocycles. The smallest absolute Gasteiger partial charge is 0 e. The van der Waals surface area contributed by atoms with Crippen molar-refractivity contribution in [1.82, 2.24) is 9.80 Å². The molecular weight excluding hydrogens is 332 g/mol. The molecule has 0 radical (unpaired) electrons. The Bertz CT molecular complexity index is 111. The zero-order valence-corrected chi connectivity index (χ0v) is 11.6. The van der Waals surface area contributed by atoms with Gasteiger partial charge in [-0.2, -0.15) is 0 Å². The molecule has 1 saturated heterocycles. The van der Waals surface area contributed by atoms with Gasteiger partial charge in [-0.25, -0.2) is 0 Å². The molecule has 1 aliphatic rings. The quantitative estimate of drug-likeness (QED) is 0.709. The Morgan fingerprint density at radius 2 is 1.85 bits per heavy atom. The third-order valence-corrected chi connectivity index (χ3v) is 2.46. The van der Waals surface area contributed by atoms with E-state index in [1.165, 1.54) is 45.3 Å². The summed E-state index contributed by atoms with van der Waals surface area (Å²) >= 11 is 0. The van der Waals surface area contributed by atoms with E-state index in [1.807, 2.05) is 11.9 Å². The molecule has 1 rings (SSSR count). The molecule has 0 aromatic carbocycles. The van der Waals surface area contributed by atoms with E-state index in [4.69, 9.17) is 0 Å². The largest absolute Gasteiger partial charge is 0.462 e. The average molecular weight is 353 g/mol. The van der Waals surface area contributed by atoms with Gasteiger partial charge in [-0.05, 0) is 52.5 Å². The summed E-state index contributed by atoms with van der Waals surface area (Å²) in [6.45, 7) is 5.03. The van der Waals surface area contributed by atoms with Gasteiger partial charge in [0.1, 0.15) is 0 Å². The van der Waals surface area contributed by atoms with E-state index >= 15 is 0 Å². The molecule has 0 atom stereocenters. The van der Waals surface area contributed by atoms with Crippen molar-refractivity contribution in [3.63, 3.8) is 0 Å². The molecule has 13 heavy (non-hydrogen) atoms. The van der Waals surface area contributed by atoms with E-state index in [0.29, 0.717) is 0 Å². The van der Waals surface area contributed by atoms with Crippen molar-refractivity contribution in [2.45, 2.75) is 25.7 Å². The molecule has 2 nitrogen and oxygen atoms in total. The first-order valence-corrected chi connectivity index (χ1v) is 5.03. The second-order valence-corrected chi connectivity index (χ2v) is 3.84. The second-order valence-electron chi connectivity index (χ2n) is 3.84. The summed E-state index contributed by atoms with van der Waals surface area (Å²) in [4.78, 5) is 4.59. The summed E-state index contributed by atoms with van der Waals surface area (Å²) in [5.41, 5.74) is 0. The van der Waals surface area contributed by atoms with Crippen LogP contribution in [0, 0.1) is 7.05 Å². The Kier molecular flexibility index (Phi) is 8.33. The number of rotatable bonds is 4. The van der Waals surface area contributed by atoms with Gasteiger partial charge in [0, 0.05) is 21.1 Å². The van der Waals surface area contributed by atoms with Gasteiger partial charge in [-0.3, -0.25) is 7.05 Å². The van der Waals surface area contributed by atoms with Crippen molar-refractivity contribution in [2.24, 2.45) is 0 Å². The molecule has 0 spiro atoms. The van der Waals surface area contributed by atoms with Crippen LogP contribution in [0.5, 0.6) is 0 Å². The number of likely N-dealkylation sites (tertiary alicyclic amines) is 1. The SMILES string of the molecule is [CH2-]N(C)CCCN1CCCCC1.[W]. The number of nitrogens with zero attached hydrogens (tertiary/aromatic N) is 2. The van der Waals surface area contributed by atoms with E-state index in [1.54, 1.807) is 0 Å². The number of piperidine rings is 1. The molecule has 0 aliphatic carbocycles. The third-order valence-electron chi connectivity index (χ3n) is 2.46. The monoisotopic (exact) mass is 353 g/mol. The van der Waals surface area contributed by atoms with Crippen molar-refractivity contribution >= 4 is 0 Å². The number of hydrogen-bond donors (Lipinski definition) is 0. The second kappa shape index (κ2) is 7.96. The molecule has 0 amide bonds. The summed E-state index contributed by atoms with van der Waals surface area (Å²) in [6.07, 6.45) is 5.51. The van der Waals surface area contributed by atoms with E-state index in [9.17, 15) is 0 Å². The maximum absolute atomic E-state index is 3.84. The molecule has 78 valence electrons. The fraction of sp³-hybridized carbons (Fsp3) is 0.900. The first kappa shape index (κ1) is 13.6. The van der Waals surface area contributed by atoms with E-state index < -0.39 is 0 Å². The third kappa shape index (κ3) is 6.65. The molecule has 0 saturated carbocycles. The van der Waals surface area contributed by atoms with Crippen LogP contribution in [0.25, 0.3) is 0 Å². The zero-order valence-electron chi connectivity index (χ0n) is 8.67. The Labute approximate surface area is 96.9 Å². The van der Waals surface area contributed by atoms with Crippen LogP contribution in [0.15, 0.2) is 0 Å². The van der Waals surface area contributed by atoms with Crippen LogP contribution >= 0.6 is 0 Å². The standard InChI is InChI=1S/C10H21N2.W/c1-11(2)7-6-10-12-8-4-3-5-9-12;/h1,3-10H2,2H3;/q-1;. The minimum absolute atomic E-state index is 0. The fourth-order valence-electron chi connectivity index (χ4n) is 1.75. The Balaban J connectivity index is 0.00000144. The van der Waals surface area contributed by atoms with Gasteiger partial charge in [0.15, 0.2) is 0 Å².